The van der Waals surface area contributed by atoms with Gasteiger partial charge in [-0.05, 0) is 58.2 Å². The molecule has 4 rings (SSSR count). The van der Waals surface area contributed by atoms with E-state index in [0.717, 1.165) is 10.7 Å². The molecule has 1 amide bonds. The molecule has 2 heterocycles. The third kappa shape index (κ3) is 5.69. The minimum absolute atomic E-state index is 0.0440. The van der Waals surface area contributed by atoms with E-state index in [9.17, 15) is 43.9 Å². The largest absolute Gasteiger partial charge is 0.435 e. The molecule has 40 heavy (non-hydrogen) atoms. The van der Waals surface area contributed by atoms with E-state index >= 15 is 0 Å². The molecule has 218 valence electrons. The molecule has 0 bridgehead atoms. The molecule has 0 saturated carbocycles. The van der Waals surface area contributed by atoms with Crippen molar-refractivity contribution in [1.29, 1.82) is 0 Å². The summed E-state index contributed by atoms with van der Waals surface area (Å²) in [5.41, 5.74) is -6.35. The molecule has 0 radical (unpaired) electrons. The summed E-state index contributed by atoms with van der Waals surface area (Å²) in [6, 6.07) is 3.55. The maximum absolute atomic E-state index is 14.9. The van der Waals surface area contributed by atoms with Crippen molar-refractivity contribution in [3.8, 4) is 0 Å². The number of alkyl halides is 6. The van der Waals surface area contributed by atoms with Crippen LogP contribution in [0.15, 0.2) is 40.0 Å². The molecule has 0 spiro atoms. The fourth-order valence-corrected chi connectivity index (χ4v) is 5.39. The summed E-state index contributed by atoms with van der Waals surface area (Å²) < 4.78 is 121. The van der Waals surface area contributed by atoms with Crippen molar-refractivity contribution in [2.24, 2.45) is 5.16 Å². The summed E-state index contributed by atoms with van der Waals surface area (Å²) in [4.78, 5) is 22.5. The predicted octanol–water partition coefficient (Wildman–Crippen LogP) is 4.80. The van der Waals surface area contributed by atoms with E-state index in [2.05, 4.69) is 26.4 Å². The lowest BCUT2D eigenvalue weighted by molar-refractivity contribution is -0.277. The molecular weight excluding hydrogens is 643 g/mol. The highest BCUT2D eigenvalue weighted by Gasteiger charge is 2.64. The Bertz CT molecular complexity index is 1500. The predicted molar refractivity (Wildman–Crippen MR) is 129 cm³/mol. The highest BCUT2D eigenvalue weighted by Crippen LogP contribution is 2.51. The van der Waals surface area contributed by atoms with Gasteiger partial charge in [0, 0.05) is 11.1 Å². The van der Waals surface area contributed by atoms with Crippen molar-refractivity contribution >= 4 is 37.6 Å². The van der Waals surface area contributed by atoms with Gasteiger partial charge in [-0.3, -0.25) is 9.63 Å². The van der Waals surface area contributed by atoms with E-state index in [1.807, 2.05) is 0 Å². The van der Waals surface area contributed by atoms with Crippen molar-refractivity contribution in [2.75, 3.05) is 19.4 Å². The zero-order valence-electron chi connectivity index (χ0n) is 20.5. The number of nitrogens with one attached hydrogen (secondary N) is 1. The minimum Gasteiger partial charge on any atom is -0.374 e. The molecule has 2 aliphatic rings. The van der Waals surface area contributed by atoms with Crippen LogP contribution in [0.3, 0.4) is 0 Å². The number of nitrogens with zero attached hydrogens (tertiary/aromatic N) is 2. The van der Waals surface area contributed by atoms with Crippen LogP contribution in [-0.2, 0) is 31.5 Å². The van der Waals surface area contributed by atoms with Crippen LogP contribution < -0.4 is 5.32 Å². The fourth-order valence-electron chi connectivity index (χ4n) is 4.22. The molecule has 1 fully saturated rings. The average molecular weight is 662 g/mol. The normalized spacial score (nSPS) is 22.2. The van der Waals surface area contributed by atoms with Crippen LogP contribution in [0.5, 0.6) is 0 Å². The molecule has 0 aromatic heterocycles. The first-order chi connectivity index (χ1) is 18.3. The number of carbonyl (C=O) groups is 1. The summed E-state index contributed by atoms with van der Waals surface area (Å²) in [7, 11) is -3.64. The lowest BCUT2D eigenvalue weighted by Gasteiger charge is -2.30. The first kappa shape index (κ1) is 30.2. The lowest BCUT2D eigenvalue weighted by Crippen LogP contribution is -2.43. The number of halogens is 8. The molecule has 0 unspecified atom stereocenters. The Morgan fingerprint density at radius 1 is 1.18 bits per heavy atom. The van der Waals surface area contributed by atoms with Crippen molar-refractivity contribution in [1.82, 2.24) is 9.79 Å². The molecule has 1 saturated heterocycles. The first-order valence-corrected chi connectivity index (χ1v) is 13.9. The molecule has 2 aliphatic heterocycles. The van der Waals surface area contributed by atoms with Crippen LogP contribution in [-0.4, -0.2) is 56.1 Å². The number of benzene rings is 2. The van der Waals surface area contributed by atoms with Gasteiger partial charge >= 0.3 is 12.4 Å². The summed E-state index contributed by atoms with van der Waals surface area (Å²) in [6.07, 6.45) is -10.7. The molecule has 2 atom stereocenters. The van der Waals surface area contributed by atoms with Crippen LogP contribution >= 0.6 is 15.9 Å². The molecule has 8 nitrogen and oxygen atoms in total. The van der Waals surface area contributed by atoms with Gasteiger partial charge in [-0.1, -0.05) is 15.7 Å². The lowest BCUT2D eigenvalue weighted by atomic mass is 9.85. The van der Waals surface area contributed by atoms with Crippen molar-refractivity contribution in [2.45, 2.75) is 37.3 Å². The van der Waals surface area contributed by atoms with Crippen molar-refractivity contribution in [3.05, 3.63) is 68.4 Å². The number of hydrogen-bond acceptors (Lipinski definition) is 6. The summed E-state index contributed by atoms with van der Waals surface area (Å²) in [6.45, 7) is 1.24. The Kier molecular flexibility index (Phi) is 7.75. The standard InChI is InChI=1S/C23H19BrF7N3O5S/c1-11-5-12(3-4-15(11)20(35)32-14-9-34(38-10-14)40(2,36)37)18-8-21(39-33-18,23(29,30)31)16-6-13(22(26,27)28)7-17(24)19(16)25/h3-7,14H,8-10H2,1-2H3,(H,32,35)/t14-,21+/m0/s1. The number of oxime groups is 1. The number of aryl methyl sites for hydroxylation is 1. The van der Waals surface area contributed by atoms with Crippen LogP contribution in [0, 0.1) is 12.7 Å². The number of sulfonamides is 1. The molecule has 0 aliphatic carbocycles. The maximum Gasteiger partial charge on any atom is 0.435 e. The quantitative estimate of drug-likeness (QED) is 0.465. The number of carbonyl (C=O) groups excluding carboxylic acids is 1. The van der Waals surface area contributed by atoms with Gasteiger partial charge in [0.05, 0.1) is 47.6 Å². The Hall–Kier alpha value is -2.76. The molecule has 2 aromatic carbocycles. The highest BCUT2D eigenvalue weighted by molar-refractivity contribution is 9.10. The fraction of sp³-hybridized carbons (Fsp3) is 0.391. The van der Waals surface area contributed by atoms with Gasteiger partial charge in [-0.15, -0.1) is 0 Å². The third-order valence-corrected chi connectivity index (χ3v) is 7.85. The van der Waals surface area contributed by atoms with E-state index < -0.39 is 67.8 Å². The van der Waals surface area contributed by atoms with Gasteiger partial charge in [0.25, 0.3) is 11.5 Å². The maximum atomic E-state index is 14.9. The SMILES string of the molecule is Cc1cc(C2=NO[C@](c3cc(C(F)(F)F)cc(Br)c3F)(C(F)(F)F)C2)ccc1C(=O)N[C@@H]1CON(S(C)(=O)=O)C1. The van der Waals surface area contributed by atoms with E-state index in [1.54, 1.807) is 0 Å². The van der Waals surface area contributed by atoms with E-state index in [0.29, 0.717) is 6.07 Å². The third-order valence-electron chi connectivity index (χ3n) is 6.28. The van der Waals surface area contributed by atoms with Gasteiger partial charge in [0.2, 0.25) is 10.0 Å². The number of hydrogen-bond donors (Lipinski definition) is 1. The van der Waals surface area contributed by atoms with Gasteiger partial charge in [0.1, 0.15) is 5.82 Å². The molecule has 1 N–H and O–H groups in total. The molecule has 2 aromatic rings. The topological polar surface area (TPSA) is 97.3 Å². The molecular formula is C23H19BrF7N3O5S. The van der Waals surface area contributed by atoms with Gasteiger partial charge < -0.3 is 10.2 Å². The van der Waals surface area contributed by atoms with Gasteiger partial charge in [-0.25, -0.2) is 12.8 Å². The summed E-state index contributed by atoms with van der Waals surface area (Å²) in [5.74, 6) is -2.20. The second kappa shape index (κ2) is 10.3. The Morgan fingerprint density at radius 3 is 2.40 bits per heavy atom. The highest BCUT2D eigenvalue weighted by atomic mass is 79.9. The summed E-state index contributed by atoms with van der Waals surface area (Å²) >= 11 is 2.55. The Balaban J connectivity index is 1.60. The number of amides is 1. The second-order valence-corrected chi connectivity index (χ2v) is 11.9. The van der Waals surface area contributed by atoms with Crippen LogP contribution in [0.2, 0.25) is 0 Å². The number of hydroxylamine groups is 1. The average Bonchev–Trinajstić information content (AvgIpc) is 3.48. The van der Waals surface area contributed by atoms with Crippen LogP contribution in [0.25, 0.3) is 0 Å². The van der Waals surface area contributed by atoms with Gasteiger partial charge in [-0.2, -0.15) is 26.3 Å². The Labute approximate surface area is 231 Å². The second-order valence-electron chi connectivity index (χ2n) is 9.19. The van der Waals surface area contributed by atoms with E-state index in [4.69, 9.17) is 9.68 Å². The van der Waals surface area contributed by atoms with Gasteiger partial charge in [0.15, 0.2) is 0 Å². The van der Waals surface area contributed by atoms with Crippen LogP contribution in [0.4, 0.5) is 30.7 Å². The van der Waals surface area contributed by atoms with Crippen molar-refractivity contribution in [3.63, 3.8) is 0 Å². The minimum atomic E-state index is -5.37. The summed E-state index contributed by atoms with van der Waals surface area (Å²) in [5, 5.41) is 6.05. The van der Waals surface area contributed by atoms with Crippen molar-refractivity contribution < 1.29 is 53.6 Å². The first-order valence-electron chi connectivity index (χ1n) is 11.2. The monoisotopic (exact) mass is 661 g/mol. The zero-order chi connectivity index (χ0) is 29.8. The smallest absolute Gasteiger partial charge is 0.374 e. The van der Waals surface area contributed by atoms with Crippen LogP contribution in [0.1, 0.15) is 39.0 Å². The molecule has 17 heteroatoms. The van der Waals surface area contributed by atoms with E-state index in [1.165, 1.54) is 25.1 Å². The Morgan fingerprint density at radius 2 is 1.85 bits per heavy atom. The number of rotatable bonds is 5. The van der Waals surface area contributed by atoms with E-state index in [-0.39, 0.29) is 41.6 Å². The zero-order valence-corrected chi connectivity index (χ0v) is 22.9.